The van der Waals surface area contributed by atoms with Gasteiger partial charge in [-0.15, -0.1) is 11.3 Å². The third-order valence-corrected chi connectivity index (χ3v) is 7.20. The molecule has 0 aliphatic carbocycles. The molecule has 0 saturated heterocycles. The van der Waals surface area contributed by atoms with Gasteiger partial charge in [0.05, 0.1) is 22.3 Å². The van der Waals surface area contributed by atoms with Gasteiger partial charge in [-0.3, -0.25) is 4.79 Å². The normalized spacial score (nSPS) is 10.8. The molecule has 0 bridgehead atoms. The molecule has 0 unspecified atom stereocenters. The first-order valence-electron chi connectivity index (χ1n) is 12.3. The number of rotatable bonds is 8. The van der Waals surface area contributed by atoms with Crippen molar-refractivity contribution in [2.75, 3.05) is 11.9 Å². The lowest BCUT2D eigenvalue weighted by Gasteiger charge is -2.11. The van der Waals surface area contributed by atoms with Gasteiger partial charge in [-0.2, -0.15) is 5.10 Å². The summed E-state index contributed by atoms with van der Waals surface area (Å²) in [6, 6.07) is 34.7. The third kappa shape index (κ3) is 4.77. The van der Waals surface area contributed by atoms with Gasteiger partial charge in [-0.25, -0.2) is 9.50 Å². The molecule has 1 N–H and O–H groups in total. The van der Waals surface area contributed by atoms with Crippen molar-refractivity contribution in [3.05, 3.63) is 149 Å². The fraction of sp³-hybridized carbons (Fsp3) is 0.0312. The summed E-state index contributed by atoms with van der Waals surface area (Å²) in [7, 11) is 0. The van der Waals surface area contributed by atoms with E-state index in [2.05, 4.69) is 82.1 Å². The number of hydrogen-bond acceptors (Lipinski definition) is 5. The molecule has 0 fully saturated rings. The van der Waals surface area contributed by atoms with E-state index in [0.29, 0.717) is 22.6 Å². The van der Waals surface area contributed by atoms with Crippen molar-refractivity contribution in [3.63, 3.8) is 0 Å². The molecule has 3 aromatic carbocycles. The predicted molar refractivity (Wildman–Crippen MR) is 155 cm³/mol. The Morgan fingerprint density at radius 1 is 0.868 bits per heavy atom. The smallest absolute Gasteiger partial charge is 0.208 e. The molecule has 38 heavy (non-hydrogen) atoms. The summed E-state index contributed by atoms with van der Waals surface area (Å²) in [5.74, 6) is -0.0607. The number of nitrogens with zero attached hydrogens (tertiary/aromatic N) is 3. The zero-order valence-electron chi connectivity index (χ0n) is 20.5. The minimum atomic E-state index is -0.0607. The number of aromatic nitrogens is 3. The van der Waals surface area contributed by atoms with Crippen molar-refractivity contribution >= 4 is 34.0 Å². The molecule has 6 rings (SSSR count). The van der Waals surface area contributed by atoms with Crippen molar-refractivity contribution in [2.45, 2.75) is 0 Å². The number of fused-ring (bicyclic) bond motifs is 1. The van der Waals surface area contributed by atoms with Crippen LogP contribution >= 0.6 is 11.3 Å². The summed E-state index contributed by atoms with van der Waals surface area (Å²) >= 11 is 1.42. The monoisotopic (exact) mass is 512 g/mol. The van der Waals surface area contributed by atoms with E-state index in [0.717, 1.165) is 16.9 Å². The van der Waals surface area contributed by atoms with Gasteiger partial charge >= 0.3 is 0 Å². The number of thiophene rings is 1. The Morgan fingerprint density at radius 2 is 1.63 bits per heavy atom. The lowest BCUT2D eigenvalue weighted by Crippen LogP contribution is -2.02. The quantitative estimate of drug-likeness (QED) is 0.219. The van der Waals surface area contributed by atoms with Crippen LogP contribution in [0.15, 0.2) is 127 Å². The van der Waals surface area contributed by atoms with Crippen molar-refractivity contribution in [1.29, 1.82) is 0 Å². The Hall–Kier alpha value is -4.81. The van der Waals surface area contributed by atoms with Crippen LogP contribution in [-0.2, 0) is 0 Å². The molecule has 3 aromatic heterocycles. The highest BCUT2D eigenvalue weighted by atomic mass is 32.1. The molecule has 0 radical (unpaired) electrons. The van der Waals surface area contributed by atoms with Gasteiger partial charge in [0, 0.05) is 24.0 Å². The highest BCUT2D eigenvalue weighted by molar-refractivity contribution is 7.12. The van der Waals surface area contributed by atoms with Gasteiger partial charge in [-0.05, 0) is 46.3 Å². The molecule has 6 aromatic rings. The van der Waals surface area contributed by atoms with Crippen LogP contribution in [0.4, 0.5) is 5.69 Å². The molecule has 0 amide bonds. The van der Waals surface area contributed by atoms with E-state index in [4.69, 9.17) is 0 Å². The molecule has 0 aliphatic rings. The Balaban J connectivity index is 1.27. The number of ketones is 1. The predicted octanol–water partition coefficient (Wildman–Crippen LogP) is 7.23. The molecule has 0 saturated carbocycles. The highest BCUT2D eigenvalue weighted by Gasteiger charge is 2.18. The van der Waals surface area contributed by atoms with Crippen LogP contribution in [-0.4, -0.2) is 26.9 Å². The number of carbonyl (C=O) groups is 1. The van der Waals surface area contributed by atoms with Crippen LogP contribution < -0.4 is 5.32 Å². The van der Waals surface area contributed by atoms with Gasteiger partial charge in [0.25, 0.3) is 0 Å². The minimum Gasteiger partial charge on any atom is -0.382 e. The molecule has 6 heteroatoms. The van der Waals surface area contributed by atoms with Crippen molar-refractivity contribution in [2.24, 2.45) is 0 Å². The summed E-state index contributed by atoms with van der Waals surface area (Å²) < 4.78 is 1.74. The van der Waals surface area contributed by atoms with Crippen molar-refractivity contribution in [1.82, 2.24) is 14.6 Å². The van der Waals surface area contributed by atoms with E-state index < -0.39 is 0 Å². The van der Waals surface area contributed by atoms with Crippen molar-refractivity contribution < 1.29 is 4.79 Å². The Morgan fingerprint density at radius 3 is 2.34 bits per heavy atom. The molecule has 0 atom stereocenters. The van der Waals surface area contributed by atoms with Crippen LogP contribution in [0.3, 0.4) is 0 Å². The second kappa shape index (κ2) is 10.7. The van der Waals surface area contributed by atoms with Crippen LogP contribution in [0, 0.1) is 0 Å². The fourth-order valence-corrected chi connectivity index (χ4v) is 5.19. The summed E-state index contributed by atoms with van der Waals surface area (Å²) in [4.78, 5) is 18.1. The molecule has 184 valence electrons. The second-order valence-corrected chi connectivity index (χ2v) is 9.69. The maximum absolute atomic E-state index is 13.0. The standard InChI is InChI=1S/C32H24N4OS/c37-31(30-15-8-20-38-30)28-22-35-36-29(17-19-34-32(28)36)25-13-7-14-26(21-25)33-18-16-27(23-9-3-1-4-10-23)24-11-5-2-6-12-24/h1-17,19-22,33H,18H2. The molecule has 3 heterocycles. The second-order valence-electron chi connectivity index (χ2n) is 8.74. The van der Waals surface area contributed by atoms with Crippen LogP contribution in [0.25, 0.3) is 22.5 Å². The van der Waals surface area contributed by atoms with Crippen LogP contribution in [0.1, 0.15) is 26.4 Å². The van der Waals surface area contributed by atoms with Crippen molar-refractivity contribution in [3.8, 4) is 11.3 Å². The molecular formula is C32H24N4OS. The van der Waals surface area contributed by atoms with Gasteiger partial charge < -0.3 is 5.32 Å². The van der Waals surface area contributed by atoms with Gasteiger partial charge in [0.1, 0.15) is 0 Å². The first-order valence-corrected chi connectivity index (χ1v) is 13.2. The zero-order valence-corrected chi connectivity index (χ0v) is 21.3. The topological polar surface area (TPSA) is 59.3 Å². The minimum absolute atomic E-state index is 0.0607. The third-order valence-electron chi connectivity index (χ3n) is 6.33. The number of hydrogen-bond donors (Lipinski definition) is 1. The number of nitrogens with one attached hydrogen (secondary N) is 1. The first-order chi connectivity index (χ1) is 18.8. The number of benzene rings is 3. The Bertz CT molecular complexity index is 1680. The summed E-state index contributed by atoms with van der Waals surface area (Å²) in [6.45, 7) is 0.662. The van der Waals surface area contributed by atoms with E-state index in [1.807, 2.05) is 47.8 Å². The van der Waals surface area contributed by atoms with Crippen LogP contribution in [0.5, 0.6) is 0 Å². The van der Waals surface area contributed by atoms with E-state index >= 15 is 0 Å². The summed E-state index contributed by atoms with van der Waals surface area (Å²) in [6.07, 6.45) is 5.56. The fourth-order valence-electron chi connectivity index (χ4n) is 4.51. The lowest BCUT2D eigenvalue weighted by molar-refractivity contribution is 0.104. The average molecular weight is 513 g/mol. The first kappa shape index (κ1) is 23.6. The maximum Gasteiger partial charge on any atom is 0.208 e. The maximum atomic E-state index is 13.0. The lowest BCUT2D eigenvalue weighted by atomic mass is 9.97. The zero-order chi connectivity index (χ0) is 25.7. The molecular weight excluding hydrogens is 488 g/mol. The highest BCUT2D eigenvalue weighted by Crippen LogP contribution is 2.26. The number of carbonyl (C=O) groups excluding carboxylic acids is 1. The Labute approximate surface area is 224 Å². The van der Waals surface area contributed by atoms with E-state index in [9.17, 15) is 4.79 Å². The average Bonchev–Trinajstić information content (AvgIpc) is 3.67. The molecule has 0 aliphatic heterocycles. The van der Waals surface area contributed by atoms with Gasteiger partial charge in [-0.1, -0.05) is 84.9 Å². The SMILES string of the molecule is O=C(c1cccs1)c1cnn2c(-c3cccc(NCC=C(c4ccccc4)c4ccccc4)c3)ccnc12. The van der Waals surface area contributed by atoms with E-state index in [1.165, 1.54) is 28.0 Å². The number of anilines is 1. The van der Waals surface area contributed by atoms with E-state index in [1.54, 1.807) is 16.9 Å². The van der Waals surface area contributed by atoms with E-state index in [-0.39, 0.29) is 5.78 Å². The molecule has 0 spiro atoms. The Kier molecular flexibility index (Phi) is 6.62. The van der Waals surface area contributed by atoms with Gasteiger partial charge in [0.2, 0.25) is 5.78 Å². The largest absolute Gasteiger partial charge is 0.382 e. The molecule has 5 nitrogen and oxygen atoms in total. The van der Waals surface area contributed by atoms with Gasteiger partial charge in [0.15, 0.2) is 5.65 Å². The summed E-state index contributed by atoms with van der Waals surface area (Å²) in [5, 5.41) is 9.95. The van der Waals surface area contributed by atoms with Crippen LogP contribution in [0.2, 0.25) is 0 Å². The summed E-state index contributed by atoms with van der Waals surface area (Å²) in [5.41, 5.74) is 7.45.